The minimum Gasteiger partial charge on any atom is -0.508 e. The summed E-state index contributed by atoms with van der Waals surface area (Å²) in [6.45, 7) is 4.50. The van der Waals surface area contributed by atoms with E-state index < -0.39 is 23.8 Å². The maximum atomic E-state index is 14.1. The van der Waals surface area contributed by atoms with Gasteiger partial charge in [-0.05, 0) is 80.5 Å². The smallest absolute Gasteiger partial charge is 0.249 e. The summed E-state index contributed by atoms with van der Waals surface area (Å²) in [6, 6.07) is 12.4. The number of aromatic nitrogens is 4. The van der Waals surface area contributed by atoms with E-state index >= 15 is 0 Å². The lowest BCUT2D eigenvalue weighted by molar-refractivity contribution is -0.134. The van der Waals surface area contributed by atoms with Crippen molar-refractivity contribution in [3.63, 3.8) is 0 Å². The fraction of sp³-hybridized carbons (Fsp3) is 0.387. The third-order valence-corrected chi connectivity index (χ3v) is 7.71. The highest BCUT2D eigenvalue weighted by Gasteiger charge is 2.35. The first-order valence-electron chi connectivity index (χ1n) is 14.4. The summed E-state index contributed by atoms with van der Waals surface area (Å²) in [5.41, 5.74) is 21.2. The molecule has 0 aliphatic rings. The van der Waals surface area contributed by atoms with Crippen LogP contribution in [0.3, 0.4) is 0 Å². The molecule has 2 heterocycles. The Labute approximate surface area is 250 Å². The fourth-order valence-electron chi connectivity index (χ4n) is 5.45. The van der Waals surface area contributed by atoms with Gasteiger partial charge in [-0.2, -0.15) is 4.98 Å². The summed E-state index contributed by atoms with van der Waals surface area (Å²) in [7, 11) is 0. The molecule has 0 fully saturated rings. The van der Waals surface area contributed by atoms with Crippen LogP contribution in [0.25, 0.3) is 0 Å². The summed E-state index contributed by atoms with van der Waals surface area (Å²) in [6.07, 6.45) is 5.33. The molecular formula is C31H40N8O4. The Bertz CT molecular complexity index is 1490. The first-order chi connectivity index (χ1) is 20.7. The molecule has 0 radical (unpaired) electrons. The number of carbonyl (C=O) groups is 2. The number of nitrogens with one attached hydrogen (secondary N) is 1. The van der Waals surface area contributed by atoms with Crippen LogP contribution in [0.2, 0.25) is 0 Å². The van der Waals surface area contributed by atoms with Gasteiger partial charge in [0.15, 0.2) is 11.8 Å². The molecular weight excluding hydrogens is 548 g/mol. The van der Waals surface area contributed by atoms with Crippen molar-refractivity contribution in [3.8, 4) is 5.75 Å². The molecule has 3 atom stereocenters. The van der Waals surface area contributed by atoms with Gasteiger partial charge in [-0.15, -0.1) is 0 Å². The van der Waals surface area contributed by atoms with Gasteiger partial charge < -0.3 is 36.7 Å². The SMILES string of the molecule is Cc1cc(O)cc(C)c1C[C@H](C(=O)N[C@@H](CCN)c1nc(Cc2ccccc2)no1)C(CCCn1ccnc1N)C(N)=O. The van der Waals surface area contributed by atoms with Crippen LogP contribution < -0.4 is 22.5 Å². The van der Waals surface area contributed by atoms with Gasteiger partial charge in [0, 0.05) is 31.3 Å². The number of aromatic hydroxyl groups is 1. The number of nitrogens with zero attached hydrogens (tertiary/aromatic N) is 4. The van der Waals surface area contributed by atoms with E-state index in [-0.39, 0.29) is 30.5 Å². The summed E-state index contributed by atoms with van der Waals surface area (Å²) < 4.78 is 7.33. The van der Waals surface area contributed by atoms with Crippen LogP contribution >= 0.6 is 0 Å². The molecule has 8 N–H and O–H groups in total. The molecule has 43 heavy (non-hydrogen) atoms. The highest BCUT2D eigenvalue weighted by Crippen LogP contribution is 2.29. The monoisotopic (exact) mass is 588 g/mol. The number of benzene rings is 2. The number of phenolic OH excluding ortho intramolecular Hbond substituents is 1. The van der Waals surface area contributed by atoms with Crippen LogP contribution in [0.1, 0.15) is 59.3 Å². The Morgan fingerprint density at radius 3 is 2.44 bits per heavy atom. The van der Waals surface area contributed by atoms with Crippen LogP contribution in [-0.4, -0.2) is 43.2 Å². The molecule has 12 heteroatoms. The van der Waals surface area contributed by atoms with E-state index in [0.717, 1.165) is 22.3 Å². The Morgan fingerprint density at radius 2 is 1.81 bits per heavy atom. The lowest BCUT2D eigenvalue weighted by Crippen LogP contribution is -2.43. The van der Waals surface area contributed by atoms with E-state index in [1.54, 1.807) is 29.1 Å². The quantitative estimate of drug-likeness (QED) is 0.138. The van der Waals surface area contributed by atoms with E-state index in [1.807, 2.05) is 44.2 Å². The van der Waals surface area contributed by atoms with Crippen LogP contribution in [-0.2, 0) is 29.0 Å². The molecule has 0 saturated heterocycles. The lowest BCUT2D eigenvalue weighted by Gasteiger charge is -2.27. The largest absolute Gasteiger partial charge is 0.508 e. The van der Waals surface area contributed by atoms with E-state index in [2.05, 4.69) is 20.4 Å². The van der Waals surface area contributed by atoms with Crippen molar-refractivity contribution >= 4 is 17.8 Å². The zero-order chi connectivity index (χ0) is 30.9. The third-order valence-electron chi connectivity index (χ3n) is 7.71. The summed E-state index contributed by atoms with van der Waals surface area (Å²) in [4.78, 5) is 35.5. The molecule has 2 aromatic carbocycles. The Balaban J connectivity index is 1.58. The predicted molar refractivity (Wildman–Crippen MR) is 161 cm³/mol. The number of hydrogen-bond acceptors (Lipinski definition) is 9. The minimum absolute atomic E-state index is 0.134. The second-order valence-corrected chi connectivity index (χ2v) is 10.8. The number of nitrogens with two attached hydrogens (primary N) is 3. The van der Waals surface area contributed by atoms with Gasteiger partial charge in [-0.1, -0.05) is 35.5 Å². The Kier molecular flexibility index (Phi) is 10.5. The molecule has 228 valence electrons. The topological polar surface area (TPSA) is 201 Å². The number of anilines is 1. The first kappa shape index (κ1) is 31.2. The van der Waals surface area contributed by atoms with Gasteiger partial charge in [0.2, 0.25) is 17.7 Å². The average Bonchev–Trinajstić information content (AvgIpc) is 3.60. The van der Waals surface area contributed by atoms with Gasteiger partial charge in [-0.3, -0.25) is 9.59 Å². The zero-order valence-electron chi connectivity index (χ0n) is 24.6. The van der Waals surface area contributed by atoms with Crippen LogP contribution in [0.15, 0.2) is 59.4 Å². The van der Waals surface area contributed by atoms with Gasteiger partial charge >= 0.3 is 0 Å². The number of nitrogen functional groups attached to an aromatic ring is 1. The number of primary amides is 1. The molecule has 12 nitrogen and oxygen atoms in total. The van der Waals surface area contributed by atoms with Crippen LogP contribution in [0, 0.1) is 25.7 Å². The molecule has 2 aromatic heterocycles. The highest BCUT2D eigenvalue weighted by atomic mass is 16.5. The van der Waals surface area contributed by atoms with E-state index in [0.29, 0.717) is 44.0 Å². The van der Waals surface area contributed by atoms with Crippen LogP contribution in [0.5, 0.6) is 5.75 Å². The summed E-state index contributed by atoms with van der Waals surface area (Å²) in [5, 5.41) is 17.2. The van der Waals surface area contributed by atoms with E-state index in [9.17, 15) is 14.7 Å². The van der Waals surface area contributed by atoms with Crippen molar-refractivity contribution in [2.75, 3.05) is 12.3 Å². The van der Waals surface area contributed by atoms with Crippen molar-refractivity contribution in [1.29, 1.82) is 0 Å². The van der Waals surface area contributed by atoms with Gasteiger partial charge in [0.1, 0.15) is 11.8 Å². The van der Waals surface area contributed by atoms with Crippen molar-refractivity contribution in [2.45, 2.75) is 58.5 Å². The number of hydrogen-bond donors (Lipinski definition) is 5. The zero-order valence-corrected chi connectivity index (χ0v) is 24.6. The molecule has 0 bridgehead atoms. The van der Waals surface area contributed by atoms with Gasteiger partial charge in [-0.25, -0.2) is 4.98 Å². The van der Waals surface area contributed by atoms with Crippen molar-refractivity contribution in [2.24, 2.45) is 23.3 Å². The second-order valence-electron chi connectivity index (χ2n) is 10.8. The Hall–Kier alpha value is -4.71. The number of aryl methyl sites for hydroxylation is 3. The summed E-state index contributed by atoms with van der Waals surface area (Å²) >= 11 is 0. The van der Waals surface area contributed by atoms with Gasteiger partial charge in [0.25, 0.3) is 0 Å². The molecule has 0 saturated carbocycles. The number of carbonyl (C=O) groups excluding carboxylic acids is 2. The standard InChI is InChI=1S/C31H40N8O4/c1-19-15-22(40)16-20(2)24(19)18-25(23(28(33)41)9-6-13-39-14-12-35-31(39)34)29(42)36-26(10-11-32)30-37-27(38-43-30)17-21-7-4-3-5-8-21/h3-5,7-8,12,14-16,23,25-26,40H,6,9-11,13,17-18,32H2,1-2H3,(H2,33,41)(H2,34,35)(H,36,42)/t23?,25-,26-/m0/s1. The molecule has 1 unspecified atom stereocenters. The number of rotatable bonds is 15. The van der Waals surface area contributed by atoms with Crippen molar-refractivity contribution in [1.82, 2.24) is 25.0 Å². The number of imidazole rings is 1. The first-order valence-corrected chi connectivity index (χ1v) is 14.4. The van der Waals surface area contributed by atoms with Gasteiger partial charge in [0.05, 0.1) is 5.92 Å². The molecule has 4 aromatic rings. The van der Waals surface area contributed by atoms with Crippen molar-refractivity contribution in [3.05, 3.63) is 88.8 Å². The maximum Gasteiger partial charge on any atom is 0.249 e. The third kappa shape index (κ3) is 8.19. The predicted octanol–water partition coefficient (Wildman–Crippen LogP) is 2.71. The Morgan fingerprint density at radius 1 is 1.09 bits per heavy atom. The second kappa shape index (κ2) is 14.5. The fourth-order valence-corrected chi connectivity index (χ4v) is 5.45. The molecule has 0 aliphatic carbocycles. The highest BCUT2D eigenvalue weighted by molar-refractivity contribution is 5.87. The van der Waals surface area contributed by atoms with Crippen molar-refractivity contribution < 1.29 is 19.2 Å². The normalized spacial score (nSPS) is 13.4. The average molecular weight is 589 g/mol. The number of amides is 2. The maximum absolute atomic E-state index is 14.1. The van der Waals surface area contributed by atoms with E-state index in [1.165, 1.54) is 0 Å². The van der Waals surface area contributed by atoms with E-state index in [4.69, 9.17) is 21.7 Å². The molecule has 4 rings (SSSR count). The number of phenols is 1. The molecule has 2 amide bonds. The van der Waals surface area contributed by atoms with Crippen LogP contribution in [0.4, 0.5) is 5.95 Å². The lowest BCUT2D eigenvalue weighted by atomic mass is 9.80. The summed E-state index contributed by atoms with van der Waals surface area (Å²) in [5.74, 6) is -1.32. The minimum atomic E-state index is -0.813. The molecule has 0 aliphatic heterocycles. The molecule has 0 spiro atoms.